The maximum absolute atomic E-state index is 12.9. The van der Waals surface area contributed by atoms with Crippen LogP contribution in [0.25, 0.3) is 10.2 Å². The molecule has 0 unspecified atom stereocenters. The fraction of sp³-hybridized carbons (Fsp3) is 0.467. The molecule has 3 aromatic heterocycles. The summed E-state index contributed by atoms with van der Waals surface area (Å²) >= 11 is 3.01. The Morgan fingerprint density at radius 2 is 2.00 bits per heavy atom. The molecule has 0 radical (unpaired) electrons. The van der Waals surface area contributed by atoms with E-state index in [4.69, 9.17) is 9.40 Å². The van der Waals surface area contributed by atoms with Crippen molar-refractivity contribution in [2.24, 2.45) is 0 Å². The van der Waals surface area contributed by atoms with Gasteiger partial charge in [-0.25, -0.2) is 4.98 Å². The topological polar surface area (TPSA) is 73.8 Å². The molecule has 0 amide bonds. The van der Waals surface area contributed by atoms with Crippen LogP contribution in [0.5, 0.6) is 0 Å². The predicted octanol–water partition coefficient (Wildman–Crippen LogP) is 3.64. The van der Waals surface area contributed by atoms with Crippen molar-refractivity contribution in [3.8, 4) is 0 Å². The van der Waals surface area contributed by atoms with Gasteiger partial charge in [-0.05, 0) is 33.3 Å². The van der Waals surface area contributed by atoms with E-state index in [0.717, 1.165) is 20.7 Å². The average Bonchev–Trinajstić information content (AvgIpc) is 3.00. The predicted molar refractivity (Wildman–Crippen MR) is 92.3 cm³/mol. The normalized spacial score (nSPS) is 11.7. The van der Waals surface area contributed by atoms with Crippen molar-refractivity contribution in [3.05, 3.63) is 32.6 Å². The molecule has 8 heteroatoms. The van der Waals surface area contributed by atoms with Crippen LogP contribution in [0.2, 0.25) is 0 Å². The zero-order valence-corrected chi connectivity index (χ0v) is 15.3. The molecular weight excluding hydrogens is 332 g/mol. The van der Waals surface area contributed by atoms with Crippen LogP contribution in [0.1, 0.15) is 42.1 Å². The molecule has 0 saturated heterocycles. The third-order valence-corrected chi connectivity index (χ3v) is 5.65. The van der Waals surface area contributed by atoms with Gasteiger partial charge in [-0.1, -0.05) is 11.8 Å². The van der Waals surface area contributed by atoms with E-state index in [1.165, 1.54) is 11.8 Å². The van der Waals surface area contributed by atoms with Crippen molar-refractivity contribution in [2.75, 3.05) is 0 Å². The number of thiophene rings is 1. The standard InChI is InChI=1S/C15H18N4O2S2/c1-7(2)19-14(20)12-8(3)9(4)23-13(12)16-15(19)22-6-11-18-17-10(5)21-11/h7H,6H2,1-5H3. The quantitative estimate of drug-likeness (QED) is 0.528. The van der Waals surface area contributed by atoms with E-state index in [0.29, 0.717) is 22.7 Å². The minimum absolute atomic E-state index is 0.0241. The maximum atomic E-state index is 12.9. The highest BCUT2D eigenvalue weighted by molar-refractivity contribution is 7.98. The molecule has 122 valence electrons. The fourth-order valence-corrected chi connectivity index (χ4v) is 4.40. The lowest BCUT2D eigenvalue weighted by atomic mass is 10.2. The highest BCUT2D eigenvalue weighted by atomic mass is 32.2. The van der Waals surface area contributed by atoms with Gasteiger partial charge in [0, 0.05) is 17.8 Å². The van der Waals surface area contributed by atoms with Gasteiger partial charge in [0.25, 0.3) is 5.56 Å². The van der Waals surface area contributed by atoms with Gasteiger partial charge in [0.15, 0.2) is 5.16 Å². The number of thioether (sulfide) groups is 1. The number of rotatable bonds is 4. The Bertz CT molecular complexity index is 924. The summed E-state index contributed by atoms with van der Waals surface area (Å²) in [6.07, 6.45) is 0. The Hall–Kier alpha value is -1.67. The zero-order valence-electron chi connectivity index (χ0n) is 13.7. The third kappa shape index (κ3) is 2.92. The van der Waals surface area contributed by atoms with Crippen molar-refractivity contribution >= 4 is 33.3 Å². The number of hydrogen-bond acceptors (Lipinski definition) is 7. The minimum atomic E-state index is 0.0241. The number of nitrogens with zero attached hydrogens (tertiary/aromatic N) is 4. The van der Waals surface area contributed by atoms with Gasteiger partial charge < -0.3 is 4.42 Å². The summed E-state index contributed by atoms with van der Waals surface area (Å²) in [4.78, 5) is 19.6. The summed E-state index contributed by atoms with van der Waals surface area (Å²) in [5.74, 6) is 1.57. The third-order valence-electron chi connectivity index (χ3n) is 3.61. The van der Waals surface area contributed by atoms with Gasteiger partial charge in [-0.3, -0.25) is 9.36 Å². The van der Waals surface area contributed by atoms with Crippen molar-refractivity contribution in [3.63, 3.8) is 0 Å². The molecule has 0 N–H and O–H groups in total. The summed E-state index contributed by atoms with van der Waals surface area (Å²) in [5, 5.41) is 9.24. The van der Waals surface area contributed by atoms with Crippen LogP contribution in [0.15, 0.2) is 14.4 Å². The molecule has 6 nitrogen and oxygen atoms in total. The summed E-state index contributed by atoms with van der Waals surface area (Å²) in [7, 11) is 0. The van der Waals surface area contributed by atoms with E-state index in [9.17, 15) is 4.79 Å². The summed E-state index contributed by atoms with van der Waals surface area (Å²) in [6, 6.07) is 0.0333. The molecule has 23 heavy (non-hydrogen) atoms. The lowest BCUT2D eigenvalue weighted by Gasteiger charge is -2.14. The first-order valence-electron chi connectivity index (χ1n) is 7.32. The van der Waals surface area contributed by atoms with E-state index < -0.39 is 0 Å². The Balaban J connectivity index is 2.07. The molecule has 0 fully saturated rings. The molecule has 0 saturated carbocycles. The van der Waals surface area contributed by atoms with Gasteiger partial charge in [0.2, 0.25) is 11.8 Å². The van der Waals surface area contributed by atoms with Gasteiger partial charge in [0.1, 0.15) is 4.83 Å². The molecular formula is C15H18N4O2S2. The van der Waals surface area contributed by atoms with Crippen LogP contribution in [0, 0.1) is 20.8 Å². The van der Waals surface area contributed by atoms with E-state index >= 15 is 0 Å². The van der Waals surface area contributed by atoms with Crippen LogP contribution in [0.4, 0.5) is 0 Å². The average molecular weight is 350 g/mol. The molecule has 3 aromatic rings. The highest BCUT2D eigenvalue weighted by Gasteiger charge is 2.19. The van der Waals surface area contributed by atoms with Crippen molar-refractivity contribution in [1.29, 1.82) is 0 Å². The molecule has 0 aliphatic carbocycles. The van der Waals surface area contributed by atoms with Crippen molar-refractivity contribution in [2.45, 2.75) is 51.6 Å². The van der Waals surface area contributed by atoms with Gasteiger partial charge in [0.05, 0.1) is 11.1 Å². The van der Waals surface area contributed by atoms with Crippen LogP contribution in [0.3, 0.4) is 0 Å². The van der Waals surface area contributed by atoms with Crippen molar-refractivity contribution < 1.29 is 4.42 Å². The smallest absolute Gasteiger partial charge is 0.263 e. The van der Waals surface area contributed by atoms with Crippen LogP contribution in [-0.2, 0) is 5.75 Å². The Morgan fingerprint density at radius 3 is 2.61 bits per heavy atom. The summed E-state index contributed by atoms with van der Waals surface area (Å²) in [5.41, 5.74) is 1.05. The van der Waals surface area contributed by atoms with Crippen molar-refractivity contribution in [1.82, 2.24) is 19.7 Å². The number of fused-ring (bicyclic) bond motifs is 1. The first kappa shape index (κ1) is 16.2. The SMILES string of the molecule is Cc1nnc(CSc2nc3sc(C)c(C)c3c(=O)n2C(C)C)o1. The molecule has 0 bridgehead atoms. The largest absolute Gasteiger partial charge is 0.425 e. The minimum Gasteiger partial charge on any atom is -0.425 e. The Kier molecular flexibility index (Phi) is 4.29. The van der Waals surface area contributed by atoms with E-state index in [1.54, 1.807) is 22.8 Å². The number of hydrogen-bond donors (Lipinski definition) is 0. The van der Waals surface area contributed by atoms with E-state index in [1.807, 2.05) is 27.7 Å². The van der Waals surface area contributed by atoms with Gasteiger partial charge >= 0.3 is 0 Å². The molecule has 0 atom stereocenters. The van der Waals surface area contributed by atoms with Crippen LogP contribution < -0.4 is 5.56 Å². The van der Waals surface area contributed by atoms with E-state index in [2.05, 4.69) is 10.2 Å². The van der Waals surface area contributed by atoms with Crippen LogP contribution in [-0.4, -0.2) is 19.7 Å². The highest BCUT2D eigenvalue weighted by Crippen LogP contribution is 2.30. The molecule has 3 rings (SSSR count). The molecule has 0 aliphatic rings. The summed E-state index contributed by atoms with van der Waals surface area (Å²) < 4.78 is 7.14. The molecule has 0 spiro atoms. The molecule has 3 heterocycles. The second-order valence-electron chi connectivity index (χ2n) is 5.63. The number of aryl methyl sites for hydroxylation is 3. The second-order valence-corrected chi connectivity index (χ2v) is 7.78. The fourth-order valence-electron chi connectivity index (χ4n) is 2.37. The van der Waals surface area contributed by atoms with Gasteiger partial charge in [-0.2, -0.15) is 0 Å². The first-order chi connectivity index (χ1) is 10.9. The lowest BCUT2D eigenvalue weighted by molar-refractivity contribution is 0.484. The molecule has 0 aromatic carbocycles. The lowest BCUT2D eigenvalue weighted by Crippen LogP contribution is -2.24. The zero-order chi connectivity index (χ0) is 16.7. The number of aromatic nitrogens is 4. The van der Waals surface area contributed by atoms with Gasteiger partial charge in [-0.15, -0.1) is 21.5 Å². The second kappa shape index (κ2) is 6.09. The van der Waals surface area contributed by atoms with Crippen LogP contribution >= 0.6 is 23.1 Å². The summed E-state index contributed by atoms with van der Waals surface area (Å²) in [6.45, 7) is 9.74. The first-order valence-corrected chi connectivity index (χ1v) is 9.12. The monoisotopic (exact) mass is 350 g/mol. The van der Waals surface area contributed by atoms with E-state index in [-0.39, 0.29) is 11.6 Å². The maximum Gasteiger partial charge on any atom is 0.263 e. The Labute approximate surface area is 142 Å². The Morgan fingerprint density at radius 1 is 1.26 bits per heavy atom. The molecule has 0 aliphatic heterocycles.